The van der Waals surface area contributed by atoms with E-state index in [1.54, 1.807) is 6.20 Å². The summed E-state index contributed by atoms with van der Waals surface area (Å²) in [4.78, 5) is 12.3. The van der Waals surface area contributed by atoms with Crippen molar-refractivity contribution >= 4 is 39.9 Å². The van der Waals surface area contributed by atoms with Crippen molar-refractivity contribution in [3.8, 4) is 0 Å². The minimum atomic E-state index is -0.235. The highest BCUT2D eigenvalue weighted by Gasteiger charge is 2.19. The van der Waals surface area contributed by atoms with Gasteiger partial charge in [0, 0.05) is 10.2 Å². The first-order chi connectivity index (χ1) is 10.6. The lowest BCUT2D eigenvalue weighted by molar-refractivity contribution is 0.102. The Labute approximate surface area is 149 Å². The zero-order valence-electron chi connectivity index (χ0n) is 12.8. The Bertz CT molecular complexity index is 684. The highest BCUT2D eigenvalue weighted by molar-refractivity contribution is 9.10. The number of benzene rings is 1. The Morgan fingerprint density at radius 3 is 2.87 bits per heavy atom. The van der Waals surface area contributed by atoms with Crippen molar-refractivity contribution in [3.63, 3.8) is 0 Å². The summed E-state index contributed by atoms with van der Waals surface area (Å²) in [6.07, 6.45) is 3.75. The Hall–Kier alpha value is -1.44. The van der Waals surface area contributed by atoms with E-state index in [1.807, 2.05) is 29.8 Å². The van der Waals surface area contributed by atoms with Crippen molar-refractivity contribution < 1.29 is 4.79 Å². The van der Waals surface area contributed by atoms with Crippen LogP contribution >= 0.6 is 28.3 Å². The fourth-order valence-corrected chi connectivity index (χ4v) is 2.93. The first-order valence-electron chi connectivity index (χ1n) is 7.34. The Balaban J connectivity index is 0.00000192. The normalized spacial score (nSPS) is 15.0. The third-order valence-electron chi connectivity index (χ3n) is 3.94. The summed E-state index contributed by atoms with van der Waals surface area (Å²) in [6, 6.07) is 6.02. The average molecular weight is 401 g/mol. The maximum absolute atomic E-state index is 12.3. The van der Waals surface area contributed by atoms with Crippen LogP contribution in [0.3, 0.4) is 0 Å². The maximum atomic E-state index is 12.3. The van der Waals surface area contributed by atoms with Gasteiger partial charge < -0.3 is 10.6 Å². The van der Waals surface area contributed by atoms with E-state index in [-0.39, 0.29) is 18.3 Å². The van der Waals surface area contributed by atoms with Crippen molar-refractivity contribution in [1.29, 1.82) is 0 Å². The lowest BCUT2D eigenvalue weighted by Gasteiger charge is -2.22. The molecule has 1 aliphatic heterocycles. The van der Waals surface area contributed by atoms with Crippen molar-refractivity contribution in [1.82, 2.24) is 20.3 Å². The molecule has 2 heterocycles. The number of amides is 1. The fourth-order valence-electron chi connectivity index (χ4n) is 2.56. The molecule has 1 aromatic heterocycles. The van der Waals surface area contributed by atoms with Gasteiger partial charge in [0.25, 0.3) is 5.91 Å². The topological polar surface area (TPSA) is 71.8 Å². The van der Waals surface area contributed by atoms with Gasteiger partial charge in [0.05, 0.1) is 12.2 Å². The van der Waals surface area contributed by atoms with Gasteiger partial charge in [-0.3, -0.25) is 4.79 Å². The van der Waals surface area contributed by atoms with E-state index < -0.39 is 0 Å². The van der Waals surface area contributed by atoms with Gasteiger partial charge in [-0.2, -0.15) is 0 Å². The molecule has 8 heteroatoms. The smallest absolute Gasteiger partial charge is 0.277 e. The van der Waals surface area contributed by atoms with Gasteiger partial charge in [-0.1, -0.05) is 27.2 Å². The summed E-state index contributed by atoms with van der Waals surface area (Å²) in [6.45, 7) is 3.90. The predicted octanol–water partition coefficient (Wildman–Crippen LogP) is 2.95. The molecule has 2 N–H and O–H groups in total. The van der Waals surface area contributed by atoms with E-state index in [0.29, 0.717) is 11.7 Å². The van der Waals surface area contributed by atoms with Crippen LogP contribution in [0.1, 0.15) is 34.9 Å². The predicted molar refractivity (Wildman–Crippen MR) is 95.2 cm³/mol. The number of aromatic nitrogens is 3. The minimum absolute atomic E-state index is 0. The fraction of sp³-hybridized carbons (Fsp3) is 0.400. The second-order valence-corrected chi connectivity index (χ2v) is 6.29. The molecule has 0 radical (unpaired) electrons. The molecule has 0 spiro atoms. The summed E-state index contributed by atoms with van der Waals surface area (Å²) >= 11 is 3.46. The number of hydrogen-bond acceptors (Lipinski definition) is 4. The first kappa shape index (κ1) is 17.9. The summed E-state index contributed by atoms with van der Waals surface area (Å²) < 4.78 is 2.77. The third kappa shape index (κ3) is 4.10. The quantitative estimate of drug-likeness (QED) is 0.831. The molecule has 124 valence electrons. The van der Waals surface area contributed by atoms with Gasteiger partial charge in [-0.05, 0) is 50.6 Å². The summed E-state index contributed by atoms with van der Waals surface area (Å²) in [5, 5.41) is 14.3. The molecular formula is C15H19BrClN5O. The van der Waals surface area contributed by atoms with Gasteiger partial charge in [0.15, 0.2) is 5.69 Å². The molecule has 6 nitrogen and oxygen atoms in total. The number of carbonyl (C=O) groups excluding carboxylic acids is 1. The number of nitrogens with one attached hydrogen (secondary N) is 2. The van der Waals surface area contributed by atoms with Gasteiger partial charge in [0.1, 0.15) is 0 Å². The molecule has 1 aliphatic rings. The Morgan fingerprint density at radius 2 is 2.13 bits per heavy atom. The lowest BCUT2D eigenvalue weighted by atomic mass is 10.1. The van der Waals surface area contributed by atoms with Gasteiger partial charge in [-0.15, -0.1) is 17.5 Å². The van der Waals surface area contributed by atoms with E-state index >= 15 is 0 Å². The number of anilines is 1. The van der Waals surface area contributed by atoms with Crippen molar-refractivity contribution in [3.05, 3.63) is 40.1 Å². The molecule has 3 rings (SSSR count). The van der Waals surface area contributed by atoms with Gasteiger partial charge in [-0.25, -0.2) is 4.68 Å². The highest BCUT2D eigenvalue weighted by atomic mass is 79.9. The summed E-state index contributed by atoms with van der Waals surface area (Å²) in [5.41, 5.74) is 2.11. The van der Waals surface area contributed by atoms with E-state index in [1.165, 1.54) is 0 Å². The molecular weight excluding hydrogens is 382 g/mol. The highest BCUT2D eigenvalue weighted by Crippen LogP contribution is 2.24. The van der Waals surface area contributed by atoms with Crippen LogP contribution in [0.4, 0.5) is 5.69 Å². The van der Waals surface area contributed by atoms with Crippen LogP contribution in [0.5, 0.6) is 0 Å². The second-order valence-electron chi connectivity index (χ2n) is 5.43. The van der Waals surface area contributed by atoms with Crippen LogP contribution in [0.15, 0.2) is 28.9 Å². The van der Waals surface area contributed by atoms with Gasteiger partial charge in [0.2, 0.25) is 0 Å². The van der Waals surface area contributed by atoms with E-state index in [4.69, 9.17) is 0 Å². The van der Waals surface area contributed by atoms with Crippen LogP contribution in [-0.2, 0) is 0 Å². The lowest BCUT2D eigenvalue weighted by Crippen LogP contribution is -2.29. The first-order valence-corrected chi connectivity index (χ1v) is 8.13. The van der Waals surface area contributed by atoms with Gasteiger partial charge >= 0.3 is 0 Å². The van der Waals surface area contributed by atoms with Crippen molar-refractivity contribution in [2.45, 2.75) is 25.8 Å². The molecule has 1 fully saturated rings. The molecule has 2 aromatic rings. The SMILES string of the molecule is Cc1c(Br)cccc1NC(=O)c1cn(C2CCNCC2)nn1.Cl. The summed E-state index contributed by atoms with van der Waals surface area (Å²) in [7, 11) is 0. The molecule has 1 aromatic carbocycles. The average Bonchev–Trinajstić information content (AvgIpc) is 3.03. The molecule has 0 atom stereocenters. The third-order valence-corrected chi connectivity index (χ3v) is 4.80. The zero-order valence-corrected chi connectivity index (χ0v) is 15.2. The van der Waals surface area contributed by atoms with E-state index in [9.17, 15) is 4.79 Å². The Morgan fingerprint density at radius 1 is 1.39 bits per heavy atom. The number of piperidine rings is 1. The van der Waals surface area contributed by atoms with E-state index in [0.717, 1.165) is 41.7 Å². The largest absolute Gasteiger partial charge is 0.320 e. The van der Waals surface area contributed by atoms with Crippen LogP contribution in [0, 0.1) is 6.92 Å². The standard InChI is InChI=1S/C15H18BrN5O.ClH/c1-10-12(16)3-2-4-13(10)18-15(22)14-9-21(20-19-14)11-5-7-17-8-6-11;/h2-4,9,11,17H,5-8H2,1H3,(H,18,22);1H. The van der Waals surface area contributed by atoms with Crippen LogP contribution < -0.4 is 10.6 Å². The second kappa shape index (κ2) is 7.90. The Kier molecular flexibility index (Phi) is 6.15. The molecule has 0 unspecified atom stereocenters. The number of rotatable bonds is 3. The maximum Gasteiger partial charge on any atom is 0.277 e. The van der Waals surface area contributed by atoms with Crippen molar-refractivity contribution in [2.24, 2.45) is 0 Å². The van der Waals surface area contributed by atoms with E-state index in [2.05, 4.69) is 36.9 Å². The molecule has 0 saturated carbocycles. The summed E-state index contributed by atoms with van der Waals surface area (Å²) in [5.74, 6) is -0.235. The van der Waals surface area contributed by atoms with Crippen molar-refractivity contribution in [2.75, 3.05) is 18.4 Å². The molecule has 23 heavy (non-hydrogen) atoms. The zero-order chi connectivity index (χ0) is 15.5. The molecule has 0 aliphatic carbocycles. The number of nitrogens with zero attached hydrogens (tertiary/aromatic N) is 3. The van der Waals surface area contributed by atoms with Crippen LogP contribution in [0.25, 0.3) is 0 Å². The monoisotopic (exact) mass is 399 g/mol. The number of carbonyl (C=O) groups is 1. The number of hydrogen-bond donors (Lipinski definition) is 2. The molecule has 1 saturated heterocycles. The van der Waals surface area contributed by atoms with Crippen LogP contribution in [0.2, 0.25) is 0 Å². The molecule has 0 bridgehead atoms. The minimum Gasteiger partial charge on any atom is -0.320 e. The molecule has 1 amide bonds. The number of halogens is 2. The van der Waals surface area contributed by atoms with Crippen LogP contribution in [-0.4, -0.2) is 34.0 Å².